The predicted molar refractivity (Wildman–Crippen MR) is 91.3 cm³/mol. The fraction of sp³-hybridized carbons (Fsp3) is 0.167. The van der Waals surface area contributed by atoms with Gasteiger partial charge in [-0.2, -0.15) is 0 Å². The number of nitrogens with one attached hydrogen (secondary N) is 1. The molecule has 0 spiro atoms. The zero-order valence-corrected chi connectivity index (χ0v) is 13.5. The minimum absolute atomic E-state index is 0.250. The molecule has 0 unspecified atom stereocenters. The van der Waals surface area contributed by atoms with Crippen LogP contribution in [0.15, 0.2) is 61.1 Å². The third-order valence-electron chi connectivity index (χ3n) is 3.55. The summed E-state index contributed by atoms with van der Waals surface area (Å²) in [5.41, 5.74) is 2.54. The molecule has 0 aliphatic carbocycles. The lowest BCUT2D eigenvalue weighted by molar-refractivity contribution is -0.122. The number of ether oxygens (including phenoxy) is 1. The van der Waals surface area contributed by atoms with Crippen molar-refractivity contribution >= 4 is 11.6 Å². The summed E-state index contributed by atoms with van der Waals surface area (Å²) in [5, 5.41) is 7.14. The van der Waals surface area contributed by atoms with Gasteiger partial charge < -0.3 is 10.1 Å². The van der Waals surface area contributed by atoms with Gasteiger partial charge in [0.15, 0.2) is 6.10 Å². The fourth-order valence-electron chi connectivity index (χ4n) is 2.16. The highest BCUT2D eigenvalue weighted by atomic mass is 16.5. The molecule has 6 heteroatoms. The molecule has 0 saturated heterocycles. The molecule has 2 heterocycles. The first-order valence-corrected chi connectivity index (χ1v) is 7.63. The van der Waals surface area contributed by atoms with Crippen LogP contribution in [-0.4, -0.2) is 26.8 Å². The summed E-state index contributed by atoms with van der Waals surface area (Å²) in [6.45, 7) is 3.59. The van der Waals surface area contributed by atoms with Crippen molar-refractivity contribution in [3.8, 4) is 11.6 Å². The van der Waals surface area contributed by atoms with Crippen LogP contribution in [0.4, 0.5) is 5.69 Å². The Kier molecular flexibility index (Phi) is 4.56. The van der Waals surface area contributed by atoms with Gasteiger partial charge in [-0.1, -0.05) is 18.2 Å². The van der Waals surface area contributed by atoms with E-state index in [1.807, 2.05) is 43.3 Å². The van der Waals surface area contributed by atoms with Crippen molar-refractivity contribution in [2.75, 3.05) is 5.32 Å². The smallest absolute Gasteiger partial charge is 0.265 e. The van der Waals surface area contributed by atoms with E-state index in [1.165, 1.54) is 0 Å². The van der Waals surface area contributed by atoms with Gasteiger partial charge in [0.25, 0.3) is 5.91 Å². The van der Waals surface area contributed by atoms with Crippen LogP contribution >= 0.6 is 0 Å². The van der Waals surface area contributed by atoms with E-state index in [-0.39, 0.29) is 5.91 Å². The van der Waals surface area contributed by atoms with Crippen LogP contribution in [-0.2, 0) is 4.79 Å². The van der Waals surface area contributed by atoms with Crippen molar-refractivity contribution in [2.24, 2.45) is 0 Å². The molecule has 1 amide bonds. The van der Waals surface area contributed by atoms with Gasteiger partial charge in [-0.25, -0.2) is 4.68 Å². The molecule has 0 fully saturated rings. The lowest BCUT2D eigenvalue weighted by atomic mass is 10.2. The number of aryl methyl sites for hydroxylation is 1. The Morgan fingerprint density at radius 2 is 2.00 bits per heavy atom. The Morgan fingerprint density at radius 3 is 2.75 bits per heavy atom. The number of pyridine rings is 1. The van der Waals surface area contributed by atoms with Crippen molar-refractivity contribution in [1.29, 1.82) is 0 Å². The monoisotopic (exact) mass is 322 g/mol. The third kappa shape index (κ3) is 3.60. The molecular formula is C18H18N4O2. The summed E-state index contributed by atoms with van der Waals surface area (Å²) in [6, 6.07) is 13.3. The molecule has 1 atom stereocenters. The maximum Gasteiger partial charge on any atom is 0.265 e. The molecule has 1 aromatic carbocycles. The number of amides is 1. The molecule has 0 radical (unpaired) electrons. The minimum atomic E-state index is -0.677. The zero-order chi connectivity index (χ0) is 16.9. The zero-order valence-electron chi connectivity index (χ0n) is 13.5. The van der Waals surface area contributed by atoms with Crippen LogP contribution in [0.2, 0.25) is 0 Å². The van der Waals surface area contributed by atoms with E-state index in [2.05, 4.69) is 15.4 Å². The quantitative estimate of drug-likeness (QED) is 0.784. The first-order valence-electron chi connectivity index (χ1n) is 7.63. The number of hydrogen-bond acceptors (Lipinski definition) is 4. The van der Waals surface area contributed by atoms with Crippen LogP contribution in [0.3, 0.4) is 0 Å². The first-order chi connectivity index (χ1) is 11.6. The molecule has 0 bridgehead atoms. The van der Waals surface area contributed by atoms with Crippen LogP contribution < -0.4 is 10.1 Å². The largest absolute Gasteiger partial charge is 0.463 e. The average Bonchev–Trinajstić information content (AvgIpc) is 3.06. The minimum Gasteiger partial charge on any atom is -0.463 e. The third-order valence-corrected chi connectivity index (χ3v) is 3.55. The average molecular weight is 322 g/mol. The van der Waals surface area contributed by atoms with Gasteiger partial charge in [0.05, 0.1) is 17.6 Å². The van der Waals surface area contributed by atoms with Gasteiger partial charge in [-0.3, -0.25) is 9.78 Å². The number of benzene rings is 1. The molecule has 0 saturated carbocycles. The van der Waals surface area contributed by atoms with Gasteiger partial charge >= 0.3 is 0 Å². The molecule has 122 valence electrons. The second-order valence-electron chi connectivity index (χ2n) is 5.37. The van der Waals surface area contributed by atoms with E-state index in [0.717, 1.165) is 11.3 Å². The maximum absolute atomic E-state index is 12.2. The Bertz CT molecular complexity index is 830. The number of carbonyl (C=O) groups excluding carboxylic acids is 1. The van der Waals surface area contributed by atoms with Crippen LogP contribution in [0.5, 0.6) is 5.88 Å². The van der Waals surface area contributed by atoms with Gasteiger partial charge in [0.1, 0.15) is 0 Å². The van der Waals surface area contributed by atoms with Crippen molar-refractivity contribution < 1.29 is 9.53 Å². The summed E-state index contributed by atoms with van der Waals surface area (Å²) >= 11 is 0. The molecule has 24 heavy (non-hydrogen) atoms. The molecule has 2 aromatic heterocycles. The first kappa shape index (κ1) is 15.7. The van der Waals surface area contributed by atoms with Gasteiger partial charge in [0, 0.05) is 18.5 Å². The highest BCUT2D eigenvalue weighted by molar-refractivity contribution is 5.94. The normalized spacial score (nSPS) is 11.8. The lowest BCUT2D eigenvalue weighted by Gasteiger charge is -2.13. The van der Waals surface area contributed by atoms with Gasteiger partial charge in [0.2, 0.25) is 5.88 Å². The number of para-hydroxylation sites is 1. The standard InChI is InChI=1S/C18H18N4O2/c1-13-8-10-19-12-16(13)20-18(23)14(2)24-17-9-11-22(21-17)15-6-4-3-5-7-15/h3-12,14H,1-2H3,(H,20,23)/t14-/m0/s1. The van der Waals surface area contributed by atoms with E-state index in [1.54, 1.807) is 36.3 Å². The Labute approximate surface area is 140 Å². The summed E-state index contributed by atoms with van der Waals surface area (Å²) < 4.78 is 7.33. The number of anilines is 1. The van der Waals surface area contributed by atoms with E-state index >= 15 is 0 Å². The van der Waals surface area contributed by atoms with Crippen LogP contribution in [0, 0.1) is 6.92 Å². The molecule has 1 N–H and O–H groups in total. The van der Waals surface area contributed by atoms with E-state index in [0.29, 0.717) is 11.6 Å². The van der Waals surface area contributed by atoms with Crippen molar-refractivity contribution in [1.82, 2.24) is 14.8 Å². The van der Waals surface area contributed by atoms with E-state index < -0.39 is 6.10 Å². The number of rotatable bonds is 5. The SMILES string of the molecule is Cc1ccncc1NC(=O)[C@H](C)Oc1ccn(-c2ccccc2)n1. The summed E-state index contributed by atoms with van der Waals surface area (Å²) in [5.74, 6) is 0.143. The molecule has 6 nitrogen and oxygen atoms in total. The highest BCUT2D eigenvalue weighted by Crippen LogP contribution is 2.15. The number of nitrogens with zero attached hydrogens (tertiary/aromatic N) is 3. The molecule has 3 rings (SSSR count). The van der Waals surface area contributed by atoms with E-state index in [9.17, 15) is 4.79 Å². The van der Waals surface area contributed by atoms with E-state index in [4.69, 9.17) is 4.74 Å². The second kappa shape index (κ2) is 6.95. The molecular weight excluding hydrogens is 304 g/mol. The summed E-state index contributed by atoms with van der Waals surface area (Å²) in [6.07, 6.45) is 4.41. The second-order valence-corrected chi connectivity index (χ2v) is 5.37. The van der Waals surface area contributed by atoms with Crippen LogP contribution in [0.25, 0.3) is 5.69 Å². The van der Waals surface area contributed by atoms with Crippen molar-refractivity contribution in [2.45, 2.75) is 20.0 Å². The summed E-state index contributed by atoms with van der Waals surface area (Å²) in [7, 11) is 0. The topological polar surface area (TPSA) is 69.0 Å². The van der Waals surface area contributed by atoms with Crippen molar-refractivity contribution in [3.63, 3.8) is 0 Å². The summed E-state index contributed by atoms with van der Waals surface area (Å²) in [4.78, 5) is 16.3. The van der Waals surface area contributed by atoms with Gasteiger partial charge in [-0.15, -0.1) is 5.10 Å². The lowest BCUT2D eigenvalue weighted by Crippen LogP contribution is -2.30. The van der Waals surface area contributed by atoms with Crippen molar-refractivity contribution in [3.05, 3.63) is 66.6 Å². The number of carbonyl (C=O) groups is 1. The Hall–Kier alpha value is -3.15. The van der Waals surface area contributed by atoms with Crippen LogP contribution in [0.1, 0.15) is 12.5 Å². The highest BCUT2D eigenvalue weighted by Gasteiger charge is 2.17. The molecule has 0 aliphatic heterocycles. The Morgan fingerprint density at radius 1 is 1.21 bits per heavy atom. The van der Waals surface area contributed by atoms with Gasteiger partial charge in [-0.05, 0) is 37.6 Å². The fourth-order valence-corrected chi connectivity index (χ4v) is 2.16. The maximum atomic E-state index is 12.2. The number of hydrogen-bond donors (Lipinski definition) is 1. The number of aromatic nitrogens is 3. The molecule has 0 aliphatic rings. The predicted octanol–water partition coefficient (Wildman–Crippen LogP) is 2.98. The molecule has 3 aromatic rings. The Balaban J connectivity index is 1.65.